The zero-order valence-electron chi connectivity index (χ0n) is 12.0. The van der Waals surface area contributed by atoms with E-state index in [9.17, 15) is 9.59 Å². The molecule has 0 aromatic heterocycles. The first-order chi connectivity index (χ1) is 10.7. The minimum Gasteiger partial charge on any atom is -0.348 e. The molecule has 0 spiro atoms. The van der Waals surface area contributed by atoms with Crippen LogP contribution in [0.3, 0.4) is 0 Å². The van der Waals surface area contributed by atoms with Crippen LogP contribution in [0.2, 0.25) is 0 Å². The van der Waals surface area contributed by atoms with Crippen LogP contribution < -0.4 is 0 Å². The van der Waals surface area contributed by atoms with Gasteiger partial charge in [-0.1, -0.05) is 35.4 Å². The topological polar surface area (TPSA) is 59.0 Å². The number of hydroxylamine groups is 2. The molecule has 3 rings (SSSR count). The second-order valence-corrected chi connectivity index (χ2v) is 4.69. The second-order valence-electron chi connectivity index (χ2n) is 4.69. The van der Waals surface area contributed by atoms with Gasteiger partial charge in [-0.2, -0.15) is 0 Å². The lowest BCUT2D eigenvalue weighted by molar-refractivity contribution is -0.0219. The number of carbonyl (C=O) groups is 2. The molecule has 0 aliphatic carbocycles. The van der Waals surface area contributed by atoms with Gasteiger partial charge in [0.2, 0.25) is 5.90 Å². The molecule has 0 saturated carbocycles. The average molecular weight is 294 g/mol. The second kappa shape index (κ2) is 5.81. The molecule has 0 atom stereocenters. The summed E-state index contributed by atoms with van der Waals surface area (Å²) in [6.07, 6.45) is 0. The lowest BCUT2D eigenvalue weighted by atomic mass is 10.1. The molecule has 0 fully saturated rings. The Balaban J connectivity index is 1.91. The molecule has 22 heavy (non-hydrogen) atoms. The molecule has 2 aromatic carbocycles. The van der Waals surface area contributed by atoms with E-state index in [0.717, 1.165) is 5.06 Å². The molecular formula is C17H14N2O3. The van der Waals surface area contributed by atoms with Crippen molar-refractivity contribution >= 4 is 17.7 Å². The lowest BCUT2D eigenvalue weighted by Gasteiger charge is -2.16. The number of fused-ring (bicyclic) bond motifs is 1. The first-order valence-corrected chi connectivity index (χ1v) is 6.98. The van der Waals surface area contributed by atoms with Crippen molar-refractivity contribution < 1.29 is 14.4 Å². The Bertz CT molecular complexity index is 719. The summed E-state index contributed by atoms with van der Waals surface area (Å²) >= 11 is 0. The fraction of sp³-hybridized carbons (Fsp3) is 0.118. The zero-order chi connectivity index (χ0) is 15.5. The van der Waals surface area contributed by atoms with E-state index in [2.05, 4.69) is 4.99 Å². The summed E-state index contributed by atoms with van der Waals surface area (Å²) in [4.78, 5) is 34.4. The summed E-state index contributed by atoms with van der Waals surface area (Å²) in [7, 11) is 0. The van der Waals surface area contributed by atoms with E-state index < -0.39 is 11.8 Å². The van der Waals surface area contributed by atoms with Gasteiger partial charge in [0.1, 0.15) is 0 Å². The van der Waals surface area contributed by atoms with E-state index in [1.54, 1.807) is 24.3 Å². The van der Waals surface area contributed by atoms with Crippen molar-refractivity contribution in [2.24, 2.45) is 4.99 Å². The highest BCUT2D eigenvalue weighted by atomic mass is 16.7. The zero-order valence-corrected chi connectivity index (χ0v) is 12.0. The van der Waals surface area contributed by atoms with Gasteiger partial charge in [0, 0.05) is 12.1 Å². The van der Waals surface area contributed by atoms with Gasteiger partial charge in [-0.05, 0) is 31.2 Å². The van der Waals surface area contributed by atoms with Crippen LogP contribution in [0, 0.1) is 0 Å². The normalized spacial score (nSPS) is 14.2. The van der Waals surface area contributed by atoms with Crippen LogP contribution in [-0.4, -0.2) is 29.3 Å². The number of hydrogen-bond donors (Lipinski definition) is 0. The van der Waals surface area contributed by atoms with Gasteiger partial charge in [0.25, 0.3) is 11.8 Å². The monoisotopic (exact) mass is 294 g/mol. The van der Waals surface area contributed by atoms with Gasteiger partial charge >= 0.3 is 0 Å². The molecule has 0 unspecified atom stereocenters. The van der Waals surface area contributed by atoms with Crippen molar-refractivity contribution in [1.29, 1.82) is 0 Å². The molecule has 2 aromatic rings. The van der Waals surface area contributed by atoms with Crippen molar-refractivity contribution in [3.8, 4) is 0 Å². The van der Waals surface area contributed by atoms with Crippen LogP contribution in [0.4, 0.5) is 0 Å². The highest BCUT2D eigenvalue weighted by Gasteiger charge is 2.38. The maximum absolute atomic E-state index is 12.3. The maximum atomic E-state index is 12.3. The number of benzene rings is 2. The number of imide groups is 1. The van der Waals surface area contributed by atoms with Gasteiger partial charge in [0.05, 0.1) is 11.1 Å². The number of aliphatic imine (C=N–C) groups is 1. The van der Waals surface area contributed by atoms with E-state index >= 15 is 0 Å². The van der Waals surface area contributed by atoms with Crippen LogP contribution in [0.1, 0.15) is 33.2 Å². The lowest BCUT2D eigenvalue weighted by Crippen LogP contribution is -2.33. The molecule has 1 aliphatic heterocycles. The van der Waals surface area contributed by atoms with Gasteiger partial charge in [0.15, 0.2) is 0 Å². The van der Waals surface area contributed by atoms with Gasteiger partial charge in [-0.25, -0.2) is 4.99 Å². The molecule has 1 heterocycles. The molecule has 0 radical (unpaired) electrons. The van der Waals surface area contributed by atoms with E-state index in [1.807, 2.05) is 37.3 Å². The summed E-state index contributed by atoms with van der Waals surface area (Å²) in [5.41, 5.74) is 1.40. The van der Waals surface area contributed by atoms with Gasteiger partial charge in [-0.15, -0.1) is 0 Å². The largest absolute Gasteiger partial charge is 0.348 e. The minimum absolute atomic E-state index is 0.248. The third-order valence-electron chi connectivity index (χ3n) is 3.26. The van der Waals surface area contributed by atoms with Crippen LogP contribution in [0.25, 0.3) is 0 Å². The van der Waals surface area contributed by atoms with Gasteiger partial charge < -0.3 is 4.84 Å². The predicted octanol–water partition coefficient (Wildman–Crippen LogP) is 2.68. The highest BCUT2D eigenvalue weighted by molar-refractivity contribution is 6.21. The number of hydrogen-bond acceptors (Lipinski definition) is 4. The Hall–Kier alpha value is -2.95. The quantitative estimate of drug-likeness (QED) is 0.497. The van der Waals surface area contributed by atoms with E-state index in [-0.39, 0.29) is 5.90 Å². The minimum atomic E-state index is -0.472. The van der Waals surface area contributed by atoms with Crippen molar-refractivity contribution in [1.82, 2.24) is 5.06 Å². The summed E-state index contributed by atoms with van der Waals surface area (Å²) in [6.45, 7) is 2.34. The summed E-state index contributed by atoms with van der Waals surface area (Å²) < 4.78 is 0. The van der Waals surface area contributed by atoms with Gasteiger partial charge in [-0.3, -0.25) is 9.59 Å². The average Bonchev–Trinajstić information content (AvgIpc) is 2.80. The van der Waals surface area contributed by atoms with Crippen LogP contribution in [-0.2, 0) is 4.84 Å². The fourth-order valence-electron chi connectivity index (χ4n) is 2.23. The Morgan fingerprint density at radius 1 is 0.955 bits per heavy atom. The Morgan fingerprint density at radius 3 is 2.05 bits per heavy atom. The Kier molecular flexibility index (Phi) is 3.70. The molecule has 0 bridgehead atoms. The van der Waals surface area contributed by atoms with Crippen molar-refractivity contribution in [3.05, 3.63) is 71.3 Å². The molecule has 110 valence electrons. The molecule has 1 aliphatic rings. The third-order valence-corrected chi connectivity index (χ3v) is 3.26. The van der Waals surface area contributed by atoms with E-state index in [1.165, 1.54) is 0 Å². The van der Waals surface area contributed by atoms with Crippen LogP contribution >= 0.6 is 0 Å². The Morgan fingerprint density at radius 2 is 1.50 bits per heavy atom. The van der Waals surface area contributed by atoms with Crippen molar-refractivity contribution in [3.63, 3.8) is 0 Å². The predicted molar refractivity (Wildman–Crippen MR) is 81.5 cm³/mol. The summed E-state index contributed by atoms with van der Waals surface area (Å²) in [5, 5.41) is 0.770. The van der Waals surface area contributed by atoms with Crippen molar-refractivity contribution in [2.75, 3.05) is 6.54 Å². The summed E-state index contributed by atoms with van der Waals surface area (Å²) in [6, 6.07) is 15.8. The third kappa shape index (κ3) is 2.37. The number of rotatable bonds is 3. The molecule has 2 amide bonds. The summed E-state index contributed by atoms with van der Waals surface area (Å²) in [5.74, 6) is -0.696. The smallest absolute Gasteiger partial charge is 0.295 e. The fourth-order valence-corrected chi connectivity index (χ4v) is 2.23. The molecule has 0 saturated heterocycles. The van der Waals surface area contributed by atoms with E-state index in [0.29, 0.717) is 23.2 Å². The van der Waals surface area contributed by atoms with Crippen LogP contribution in [0.15, 0.2) is 59.6 Å². The van der Waals surface area contributed by atoms with Crippen LogP contribution in [0.5, 0.6) is 0 Å². The highest BCUT2D eigenvalue weighted by Crippen LogP contribution is 2.23. The molecule has 0 N–H and O–H groups in total. The SMILES string of the molecule is CCN=C(ON1C(=O)c2ccccc2C1=O)c1ccccc1. The molecule has 5 nitrogen and oxygen atoms in total. The number of amides is 2. The first kappa shape index (κ1) is 14.0. The standard InChI is InChI=1S/C17H14N2O3/c1-2-18-15(12-8-4-3-5-9-12)22-19-16(20)13-10-6-7-11-14(13)17(19)21/h3-11H,2H2,1H3. The maximum Gasteiger partial charge on any atom is 0.295 e. The number of nitrogens with zero attached hydrogens (tertiary/aromatic N) is 2. The molecular weight excluding hydrogens is 280 g/mol. The van der Waals surface area contributed by atoms with Crippen molar-refractivity contribution in [2.45, 2.75) is 6.92 Å². The molecule has 5 heteroatoms. The Labute approximate surface area is 127 Å². The first-order valence-electron chi connectivity index (χ1n) is 6.98. The van der Waals surface area contributed by atoms with E-state index in [4.69, 9.17) is 4.84 Å². The number of carbonyl (C=O) groups excluding carboxylic acids is 2.